The van der Waals surface area contributed by atoms with Gasteiger partial charge in [0.15, 0.2) is 16.6 Å². The minimum absolute atomic E-state index is 0.0232. The number of hydrogen-bond donors (Lipinski definition) is 3. The fourth-order valence-corrected chi connectivity index (χ4v) is 15.8. The second-order valence-corrected chi connectivity index (χ2v) is 36.0. The summed E-state index contributed by atoms with van der Waals surface area (Å²) in [4.78, 5) is 11.7. The summed E-state index contributed by atoms with van der Waals surface area (Å²) in [6.07, 6.45) is 27.6. The smallest absolute Gasteiger partial charge is 0.192 e. The minimum Gasteiger partial charge on any atom is -0.414 e. The van der Waals surface area contributed by atoms with Crippen molar-refractivity contribution in [3.63, 3.8) is 0 Å². The summed E-state index contributed by atoms with van der Waals surface area (Å²) in [7, 11) is -2.56. The van der Waals surface area contributed by atoms with Crippen LogP contribution in [0, 0.1) is 57.7 Å². The molecule has 0 amide bonds. The Labute approximate surface area is 387 Å². The van der Waals surface area contributed by atoms with Crippen LogP contribution in [0.3, 0.4) is 0 Å². The molecule has 0 aromatic heterocycles. The molecule has 0 aromatic carbocycles. The standard InChI is InChI=1S/C27H50O2Si.C26H50O3Si.CH4O/c1-11-17-26(7,19-13-18-25(5,6)28)23-16-15-21-22(14-12-20-27(21,23)8)29-30(9,10)24(2,3)4;1-23(2,3)30(8,9)29-21-12-10-17-26(7)20(21)13-14-22(26)25(6,18-19-27)16-11-15-24(4,5)28;1-2/h1,21-23,28H,12-20H2,2-10H3;19-22,28H,10-18H2,1-9H3;2H,1H3/t21?,22-,23+,26?,27-;20?,21-,22+,25?,26-;/m00./s1. The molecule has 0 spiro atoms. The van der Waals surface area contributed by atoms with Gasteiger partial charge in [-0.3, -0.25) is 0 Å². The Morgan fingerprint density at radius 2 is 0.968 bits per heavy atom. The number of carbonyl (C=O) groups is 1. The van der Waals surface area contributed by atoms with Gasteiger partial charge >= 0.3 is 0 Å². The van der Waals surface area contributed by atoms with E-state index in [1.54, 1.807) is 0 Å². The largest absolute Gasteiger partial charge is 0.414 e. The van der Waals surface area contributed by atoms with E-state index in [4.69, 9.17) is 20.4 Å². The lowest BCUT2D eigenvalue weighted by atomic mass is 9.56. The number of rotatable bonds is 17. The molecule has 0 aliphatic heterocycles. The molecule has 4 aliphatic carbocycles. The second-order valence-electron chi connectivity index (χ2n) is 26.5. The van der Waals surface area contributed by atoms with Gasteiger partial charge in [0.25, 0.3) is 0 Å². The van der Waals surface area contributed by atoms with Crippen LogP contribution in [0.25, 0.3) is 0 Å². The molecule has 4 saturated carbocycles. The highest BCUT2D eigenvalue weighted by Crippen LogP contribution is 2.65. The lowest BCUT2D eigenvalue weighted by molar-refractivity contribution is -0.112. The second kappa shape index (κ2) is 21.6. The van der Waals surface area contributed by atoms with E-state index in [9.17, 15) is 15.0 Å². The van der Waals surface area contributed by atoms with Gasteiger partial charge in [-0.2, -0.15) is 0 Å². The van der Waals surface area contributed by atoms with Gasteiger partial charge in [0.2, 0.25) is 0 Å². The molecule has 6 nitrogen and oxygen atoms in total. The van der Waals surface area contributed by atoms with E-state index in [0.29, 0.717) is 47.7 Å². The molecule has 0 heterocycles. The zero-order valence-electron chi connectivity index (χ0n) is 44.4. The average Bonchev–Trinajstić information content (AvgIpc) is 3.66. The van der Waals surface area contributed by atoms with E-state index in [0.717, 1.165) is 58.3 Å². The first-order valence-corrected chi connectivity index (χ1v) is 31.1. The summed E-state index contributed by atoms with van der Waals surface area (Å²) >= 11 is 0. The molecule has 0 radical (unpaired) electrons. The van der Waals surface area contributed by atoms with Crippen molar-refractivity contribution >= 4 is 22.9 Å². The summed E-state index contributed by atoms with van der Waals surface area (Å²) in [6, 6.07) is 0. The zero-order chi connectivity index (χ0) is 48.0. The lowest BCUT2D eigenvalue weighted by Crippen LogP contribution is -2.51. The molecule has 0 saturated heterocycles. The van der Waals surface area contributed by atoms with E-state index >= 15 is 0 Å². The quantitative estimate of drug-likeness (QED) is 0.0764. The first-order chi connectivity index (χ1) is 28.1. The maximum atomic E-state index is 11.7. The molecule has 10 atom stereocenters. The topological polar surface area (TPSA) is 96.2 Å². The van der Waals surface area contributed by atoms with Gasteiger partial charge in [-0.15, -0.1) is 12.3 Å². The van der Waals surface area contributed by atoms with Crippen molar-refractivity contribution in [3.05, 3.63) is 0 Å². The Morgan fingerprint density at radius 1 is 0.613 bits per heavy atom. The maximum Gasteiger partial charge on any atom is 0.192 e. The van der Waals surface area contributed by atoms with E-state index in [1.807, 2.05) is 27.7 Å². The van der Waals surface area contributed by atoms with Crippen LogP contribution in [0.4, 0.5) is 0 Å². The molecule has 4 rings (SSSR count). The Morgan fingerprint density at radius 3 is 1.29 bits per heavy atom. The first kappa shape index (κ1) is 57.6. The van der Waals surface area contributed by atoms with E-state index in [2.05, 4.69) is 101 Å². The van der Waals surface area contributed by atoms with E-state index in [-0.39, 0.29) is 26.3 Å². The third-order valence-corrected chi connectivity index (χ3v) is 27.4. The molecule has 364 valence electrons. The van der Waals surface area contributed by atoms with Crippen LogP contribution in [0.1, 0.15) is 213 Å². The van der Waals surface area contributed by atoms with Gasteiger partial charge in [-0.1, -0.05) is 94.9 Å². The van der Waals surface area contributed by atoms with Gasteiger partial charge < -0.3 is 29.0 Å². The number of aliphatic hydroxyl groups is 3. The van der Waals surface area contributed by atoms with Crippen LogP contribution in [-0.4, -0.2) is 68.8 Å². The summed E-state index contributed by atoms with van der Waals surface area (Å²) in [5.74, 6) is 5.52. The van der Waals surface area contributed by atoms with Crippen LogP contribution in [0.15, 0.2) is 0 Å². The van der Waals surface area contributed by atoms with Crippen LogP contribution in [-0.2, 0) is 13.6 Å². The molecular weight excluding hydrogens is 801 g/mol. The van der Waals surface area contributed by atoms with Crippen LogP contribution in [0.2, 0.25) is 36.3 Å². The van der Waals surface area contributed by atoms with Gasteiger partial charge in [0, 0.05) is 32.2 Å². The highest BCUT2D eigenvalue weighted by molar-refractivity contribution is 6.74. The number of carbonyl (C=O) groups excluding carboxylic acids is 1. The SMILES string of the molecule is C#CCC(C)(CCCC(C)(C)O)[C@H]1CCC2[C@@H](O[Si](C)(C)C(C)(C)C)CCC[C@@]21C.CC(C)(O)CCCC(C)(CC=O)[C@H]1CCC2[C@@H](O[Si](C)(C)C(C)(C)C)CCC[C@@]21C.CO. The highest BCUT2D eigenvalue weighted by Gasteiger charge is 2.59. The van der Waals surface area contributed by atoms with Crippen molar-refractivity contribution in [1.29, 1.82) is 0 Å². The summed E-state index contributed by atoms with van der Waals surface area (Å²) in [5.41, 5.74) is -0.454. The minimum atomic E-state index is -1.79. The summed E-state index contributed by atoms with van der Waals surface area (Å²) < 4.78 is 14.0. The van der Waals surface area contributed by atoms with Gasteiger partial charge in [0.05, 0.1) is 11.2 Å². The molecular formula is C54H104O6Si2. The van der Waals surface area contributed by atoms with Crippen molar-refractivity contribution in [1.82, 2.24) is 0 Å². The van der Waals surface area contributed by atoms with Crippen molar-refractivity contribution in [2.24, 2.45) is 45.3 Å². The predicted octanol–water partition coefficient (Wildman–Crippen LogP) is 14.3. The van der Waals surface area contributed by atoms with Crippen molar-refractivity contribution < 1.29 is 29.0 Å². The zero-order valence-corrected chi connectivity index (χ0v) is 46.4. The van der Waals surface area contributed by atoms with Gasteiger partial charge in [0.1, 0.15) is 6.29 Å². The highest BCUT2D eigenvalue weighted by atomic mass is 28.4. The maximum absolute atomic E-state index is 11.7. The van der Waals surface area contributed by atoms with Gasteiger partial charge in [-0.05, 0) is 186 Å². The summed E-state index contributed by atoms with van der Waals surface area (Å²) in [6.45, 7) is 41.1. The van der Waals surface area contributed by atoms with Gasteiger partial charge in [-0.25, -0.2) is 0 Å². The van der Waals surface area contributed by atoms with E-state index in [1.165, 1.54) is 64.2 Å². The molecule has 62 heavy (non-hydrogen) atoms. The number of hydrogen-bond acceptors (Lipinski definition) is 6. The molecule has 8 heteroatoms. The fourth-order valence-electron chi connectivity index (χ4n) is 13.0. The van der Waals surface area contributed by atoms with Crippen LogP contribution >= 0.6 is 0 Å². The first-order valence-electron chi connectivity index (χ1n) is 25.2. The molecule has 4 fully saturated rings. The molecule has 4 aliphatic rings. The molecule has 4 unspecified atom stereocenters. The average molecular weight is 906 g/mol. The third-order valence-electron chi connectivity index (χ3n) is 18.4. The van der Waals surface area contributed by atoms with E-state index < -0.39 is 27.8 Å². The van der Waals surface area contributed by atoms with Crippen LogP contribution in [0.5, 0.6) is 0 Å². The monoisotopic (exact) mass is 905 g/mol. The summed E-state index contributed by atoms with van der Waals surface area (Å²) in [5, 5.41) is 27.9. The van der Waals surface area contributed by atoms with Crippen molar-refractivity contribution in [3.8, 4) is 12.3 Å². The number of aldehydes is 1. The lowest BCUT2D eigenvalue weighted by Gasteiger charge is -2.52. The number of terminal acetylenes is 1. The molecule has 0 bridgehead atoms. The predicted molar refractivity (Wildman–Crippen MR) is 269 cm³/mol. The Balaban J connectivity index is 0.000000410. The molecule has 3 N–H and O–H groups in total. The Kier molecular flexibility index (Phi) is 20.1. The number of fused-ring (bicyclic) bond motifs is 2. The Bertz CT molecular complexity index is 1430. The fraction of sp³-hybridized carbons (Fsp3) is 0.944. The Hall–Kier alpha value is -0.536. The van der Waals surface area contributed by atoms with Crippen LogP contribution < -0.4 is 0 Å². The third kappa shape index (κ3) is 14.2. The normalized spacial score (nSPS) is 31.5. The van der Waals surface area contributed by atoms with Crippen molar-refractivity contribution in [2.45, 2.75) is 272 Å². The van der Waals surface area contributed by atoms with Crippen molar-refractivity contribution in [2.75, 3.05) is 7.11 Å². The number of aliphatic hydroxyl groups excluding tert-OH is 1. The molecule has 0 aromatic rings.